The number of halogens is 2. The summed E-state index contributed by atoms with van der Waals surface area (Å²) in [5.41, 5.74) is 6.87. The highest BCUT2D eigenvalue weighted by Crippen LogP contribution is 2.38. The third-order valence-corrected chi connectivity index (χ3v) is 5.67. The van der Waals surface area contributed by atoms with Crippen molar-refractivity contribution in [3.05, 3.63) is 43.7 Å². The zero-order valence-electron chi connectivity index (χ0n) is 12.5. The van der Waals surface area contributed by atoms with Gasteiger partial charge in [0.1, 0.15) is 10.8 Å². The Kier molecular flexibility index (Phi) is 5.12. The zero-order valence-corrected chi connectivity index (χ0v) is 15.7. The van der Waals surface area contributed by atoms with Gasteiger partial charge in [0.05, 0.1) is 10.6 Å². The number of amides is 2. The predicted octanol–water partition coefficient (Wildman–Crippen LogP) is 3.77. The molecule has 1 aliphatic rings. The van der Waals surface area contributed by atoms with Gasteiger partial charge in [-0.3, -0.25) is 9.59 Å². The molecule has 3 N–H and O–H groups in total. The molecule has 2 aromatic rings. The molecule has 1 aromatic carbocycles. The summed E-state index contributed by atoms with van der Waals surface area (Å²) in [6, 6.07) is 5.13. The van der Waals surface area contributed by atoms with Crippen LogP contribution in [0.15, 0.2) is 22.7 Å². The highest BCUT2D eigenvalue weighted by Gasteiger charge is 2.26. The molecule has 8 heteroatoms. The van der Waals surface area contributed by atoms with Crippen LogP contribution in [-0.4, -0.2) is 18.4 Å². The highest BCUT2D eigenvalue weighted by molar-refractivity contribution is 9.10. The topological polar surface area (TPSA) is 81.4 Å². The lowest BCUT2D eigenvalue weighted by Gasteiger charge is -2.09. The van der Waals surface area contributed by atoms with Gasteiger partial charge in [-0.05, 0) is 43.0 Å². The van der Waals surface area contributed by atoms with Crippen molar-refractivity contribution in [2.45, 2.75) is 19.3 Å². The van der Waals surface area contributed by atoms with Crippen LogP contribution in [0.2, 0.25) is 5.02 Å². The number of carbonyl (C=O) groups excluding carboxylic acids is 2. The highest BCUT2D eigenvalue weighted by atomic mass is 79.9. The van der Waals surface area contributed by atoms with Crippen molar-refractivity contribution in [3.8, 4) is 5.75 Å². The Balaban J connectivity index is 1.68. The fraction of sp³-hybridized carbons (Fsp3) is 0.250. The number of nitrogens with two attached hydrogens (primary N) is 1. The SMILES string of the molecule is NC(=O)c1c(NC(=O)COc2ccc(Br)cc2Cl)sc2c1CCC2. The number of thiophene rings is 1. The Bertz CT molecular complexity index is 822. The van der Waals surface area contributed by atoms with Gasteiger partial charge in [0, 0.05) is 9.35 Å². The van der Waals surface area contributed by atoms with Crippen LogP contribution >= 0.6 is 38.9 Å². The summed E-state index contributed by atoms with van der Waals surface area (Å²) in [6.07, 6.45) is 2.76. The molecule has 0 saturated heterocycles. The van der Waals surface area contributed by atoms with E-state index in [2.05, 4.69) is 21.2 Å². The van der Waals surface area contributed by atoms with Gasteiger partial charge in [0.15, 0.2) is 6.61 Å². The van der Waals surface area contributed by atoms with E-state index in [0.717, 1.165) is 34.2 Å². The van der Waals surface area contributed by atoms with Crippen molar-refractivity contribution in [2.75, 3.05) is 11.9 Å². The molecule has 2 amide bonds. The quantitative estimate of drug-likeness (QED) is 0.759. The minimum atomic E-state index is -0.512. The van der Waals surface area contributed by atoms with Crippen LogP contribution in [0.1, 0.15) is 27.2 Å². The van der Waals surface area contributed by atoms with Crippen molar-refractivity contribution >= 4 is 55.7 Å². The average molecular weight is 430 g/mol. The molecule has 3 rings (SSSR count). The lowest BCUT2D eigenvalue weighted by atomic mass is 10.1. The van der Waals surface area contributed by atoms with E-state index < -0.39 is 5.91 Å². The molecule has 1 aromatic heterocycles. The number of hydrogen-bond acceptors (Lipinski definition) is 4. The minimum Gasteiger partial charge on any atom is -0.482 e. The van der Waals surface area contributed by atoms with Crippen LogP contribution in [0.4, 0.5) is 5.00 Å². The van der Waals surface area contributed by atoms with Crippen molar-refractivity contribution in [2.24, 2.45) is 5.73 Å². The summed E-state index contributed by atoms with van der Waals surface area (Å²) in [6.45, 7) is -0.206. The van der Waals surface area contributed by atoms with E-state index in [1.54, 1.807) is 18.2 Å². The minimum absolute atomic E-state index is 0.206. The molecule has 126 valence electrons. The van der Waals surface area contributed by atoms with E-state index in [1.165, 1.54) is 11.3 Å². The Morgan fingerprint density at radius 3 is 2.88 bits per heavy atom. The van der Waals surface area contributed by atoms with Crippen molar-refractivity contribution < 1.29 is 14.3 Å². The van der Waals surface area contributed by atoms with Crippen LogP contribution in [0.3, 0.4) is 0 Å². The number of carbonyl (C=O) groups is 2. The Morgan fingerprint density at radius 1 is 1.38 bits per heavy atom. The first kappa shape index (κ1) is 17.3. The molecule has 0 saturated carbocycles. The van der Waals surface area contributed by atoms with Crippen molar-refractivity contribution in [1.29, 1.82) is 0 Å². The van der Waals surface area contributed by atoms with Crippen molar-refractivity contribution in [1.82, 2.24) is 0 Å². The van der Waals surface area contributed by atoms with E-state index in [1.807, 2.05) is 0 Å². The van der Waals surface area contributed by atoms with Gasteiger partial charge < -0.3 is 15.8 Å². The largest absolute Gasteiger partial charge is 0.482 e. The van der Waals surface area contributed by atoms with Gasteiger partial charge in [0.25, 0.3) is 11.8 Å². The Labute approximate surface area is 156 Å². The molecular formula is C16H14BrClN2O3S. The smallest absolute Gasteiger partial charge is 0.262 e. The van der Waals surface area contributed by atoms with E-state index in [0.29, 0.717) is 21.3 Å². The molecule has 0 radical (unpaired) electrons. The number of primary amides is 1. The molecular weight excluding hydrogens is 416 g/mol. The fourth-order valence-corrected chi connectivity index (χ4v) is 4.69. The number of aryl methyl sites for hydroxylation is 1. The third-order valence-electron chi connectivity index (χ3n) is 3.67. The van der Waals surface area contributed by atoms with Gasteiger partial charge in [-0.15, -0.1) is 11.3 Å². The predicted molar refractivity (Wildman–Crippen MR) is 98.1 cm³/mol. The second-order valence-electron chi connectivity index (χ2n) is 5.34. The summed E-state index contributed by atoms with van der Waals surface area (Å²) in [7, 11) is 0. The van der Waals surface area contributed by atoms with Crippen LogP contribution in [0, 0.1) is 0 Å². The molecule has 0 fully saturated rings. The van der Waals surface area contributed by atoms with Crippen LogP contribution < -0.4 is 15.8 Å². The molecule has 0 bridgehead atoms. The third kappa shape index (κ3) is 3.58. The molecule has 0 aliphatic heterocycles. The monoisotopic (exact) mass is 428 g/mol. The van der Waals surface area contributed by atoms with E-state index in [9.17, 15) is 9.59 Å². The molecule has 24 heavy (non-hydrogen) atoms. The lowest BCUT2D eigenvalue weighted by molar-refractivity contribution is -0.118. The standard InChI is InChI=1S/C16H14BrClN2O3S/c17-8-4-5-11(10(18)6-8)23-7-13(21)20-16-14(15(19)22)9-2-1-3-12(9)24-16/h4-6H,1-3,7H2,(H2,19,22)(H,20,21). The normalized spacial score (nSPS) is 12.8. The Morgan fingerprint density at radius 2 is 2.17 bits per heavy atom. The average Bonchev–Trinajstić information content (AvgIpc) is 3.06. The van der Waals surface area contributed by atoms with E-state index in [4.69, 9.17) is 22.1 Å². The molecule has 0 atom stereocenters. The number of anilines is 1. The number of benzene rings is 1. The van der Waals surface area contributed by atoms with Gasteiger partial charge in [-0.25, -0.2) is 0 Å². The maximum Gasteiger partial charge on any atom is 0.262 e. The summed E-state index contributed by atoms with van der Waals surface area (Å²) in [5.74, 6) is -0.461. The Hall–Kier alpha value is -1.57. The van der Waals surface area contributed by atoms with E-state index in [-0.39, 0.29) is 12.5 Å². The van der Waals surface area contributed by atoms with Crippen LogP contribution in [0.25, 0.3) is 0 Å². The summed E-state index contributed by atoms with van der Waals surface area (Å²) >= 11 is 10.8. The number of ether oxygens (including phenoxy) is 1. The number of hydrogen-bond donors (Lipinski definition) is 2. The first-order valence-electron chi connectivity index (χ1n) is 7.27. The number of fused-ring (bicyclic) bond motifs is 1. The molecule has 1 aliphatic carbocycles. The van der Waals surface area contributed by atoms with E-state index >= 15 is 0 Å². The second-order valence-corrected chi connectivity index (χ2v) is 7.77. The molecule has 0 unspecified atom stereocenters. The van der Waals surface area contributed by atoms with Crippen LogP contribution in [-0.2, 0) is 17.6 Å². The molecule has 0 spiro atoms. The lowest BCUT2D eigenvalue weighted by Crippen LogP contribution is -2.22. The van der Waals surface area contributed by atoms with Gasteiger partial charge >= 0.3 is 0 Å². The summed E-state index contributed by atoms with van der Waals surface area (Å²) in [5, 5.41) is 3.63. The van der Waals surface area contributed by atoms with Crippen LogP contribution in [0.5, 0.6) is 5.75 Å². The first-order valence-corrected chi connectivity index (χ1v) is 9.26. The van der Waals surface area contributed by atoms with Crippen molar-refractivity contribution in [3.63, 3.8) is 0 Å². The van der Waals surface area contributed by atoms with Gasteiger partial charge in [0.2, 0.25) is 0 Å². The molecule has 5 nitrogen and oxygen atoms in total. The molecule has 1 heterocycles. The maximum atomic E-state index is 12.1. The van der Waals surface area contributed by atoms with Gasteiger partial charge in [-0.1, -0.05) is 27.5 Å². The summed E-state index contributed by atoms with van der Waals surface area (Å²) < 4.78 is 6.25. The number of nitrogens with one attached hydrogen (secondary N) is 1. The second kappa shape index (κ2) is 7.13. The first-order chi connectivity index (χ1) is 11.5. The number of rotatable bonds is 5. The maximum absolute atomic E-state index is 12.1. The zero-order chi connectivity index (χ0) is 17.3. The fourth-order valence-electron chi connectivity index (χ4n) is 2.65. The summed E-state index contributed by atoms with van der Waals surface area (Å²) in [4.78, 5) is 25.0. The van der Waals surface area contributed by atoms with Gasteiger partial charge in [-0.2, -0.15) is 0 Å².